The van der Waals surface area contributed by atoms with Crippen LogP contribution in [0.25, 0.3) is 11.1 Å². The maximum absolute atomic E-state index is 12.5. The first kappa shape index (κ1) is 23.4. The number of aromatic amines is 1. The van der Waals surface area contributed by atoms with Crippen molar-refractivity contribution in [2.45, 2.75) is 52.9 Å². The SMILES string of the molecule is CCCCNc1[nH]c(C(=O)OCCC)c(Br)c1-c1ccc(CO)c(CO)c1CO. The predicted octanol–water partition coefficient (Wildman–Crippen LogP) is 3.70. The van der Waals surface area contributed by atoms with E-state index in [0.717, 1.165) is 19.3 Å². The van der Waals surface area contributed by atoms with Crippen molar-refractivity contribution in [3.63, 3.8) is 0 Å². The van der Waals surface area contributed by atoms with E-state index in [9.17, 15) is 20.1 Å². The molecule has 1 aromatic heterocycles. The molecule has 0 bridgehead atoms. The second kappa shape index (κ2) is 11.3. The van der Waals surface area contributed by atoms with Gasteiger partial charge in [-0.15, -0.1) is 0 Å². The molecule has 5 N–H and O–H groups in total. The number of nitrogens with one attached hydrogen (secondary N) is 2. The van der Waals surface area contributed by atoms with Gasteiger partial charge in [-0.3, -0.25) is 0 Å². The van der Waals surface area contributed by atoms with Crippen LogP contribution in [-0.2, 0) is 24.6 Å². The highest BCUT2D eigenvalue weighted by Crippen LogP contribution is 2.41. The lowest BCUT2D eigenvalue weighted by Gasteiger charge is -2.17. The summed E-state index contributed by atoms with van der Waals surface area (Å²) in [4.78, 5) is 15.6. The summed E-state index contributed by atoms with van der Waals surface area (Å²) in [6, 6.07) is 3.49. The van der Waals surface area contributed by atoms with Crippen molar-refractivity contribution in [2.24, 2.45) is 0 Å². The summed E-state index contributed by atoms with van der Waals surface area (Å²) >= 11 is 3.52. The van der Waals surface area contributed by atoms with Crippen molar-refractivity contribution in [1.29, 1.82) is 0 Å². The topological polar surface area (TPSA) is 115 Å². The number of H-pyrrole nitrogens is 1. The van der Waals surface area contributed by atoms with E-state index < -0.39 is 5.97 Å². The number of ether oxygens (including phenoxy) is 1. The van der Waals surface area contributed by atoms with Crippen molar-refractivity contribution >= 4 is 27.7 Å². The first-order valence-corrected chi connectivity index (χ1v) is 10.6. The van der Waals surface area contributed by atoms with E-state index in [2.05, 4.69) is 33.2 Å². The van der Waals surface area contributed by atoms with Crippen molar-refractivity contribution in [2.75, 3.05) is 18.5 Å². The van der Waals surface area contributed by atoms with Crippen LogP contribution in [0.1, 0.15) is 60.3 Å². The average Bonchev–Trinajstić information content (AvgIpc) is 3.06. The molecule has 29 heavy (non-hydrogen) atoms. The normalized spacial score (nSPS) is 11.0. The molecule has 0 radical (unpaired) electrons. The molecule has 0 unspecified atom stereocenters. The lowest BCUT2D eigenvalue weighted by Crippen LogP contribution is -2.07. The maximum atomic E-state index is 12.5. The number of aliphatic hydroxyl groups is 3. The Morgan fingerprint density at radius 3 is 2.41 bits per heavy atom. The minimum absolute atomic E-state index is 0.242. The fourth-order valence-electron chi connectivity index (χ4n) is 3.16. The molecule has 0 atom stereocenters. The summed E-state index contributed by atoms with van der Waals surface area (Å²) in [5, 5.41) is 32.7. The van der Waals surface area contributed by atoms with Gasteiger partial charge in [-0.25, -0.2) is 4.79 Å². The van der Waals surface area contributed by atoms with Gasteiger partial charge in [0.25, 0.3) is 0 Å². The van der Waals surface area contributed by atoms with E-state index in [1.165, 1.54) is 0 Å². The van der Waals surface area contributed by atoms with Gasteiger partial charge in [0, 0.05) is 12.1 Å². The molecule has 8 heteroatoms. The Morgan fingerprint density at radius 1 is 1.10 bits per heavy atom. The molecule has 1 aromatic carbocycles. The van der Waals surface area contributed by atoms with Gasteiger partial charge < -0.3 is 30.4 Å². The Kier molecular flexibility index (Phi) is 9.16. The summed E-state index contributed by atoms with van der Waals surface area (Å²) in [6.07, 6.45) is 2.68. The first-order chi connectivity index (χ1) is 14.0. The van der Waals surface area contributed by atoms with Crippen LogP contribution in [0.3, 0.4) is 0 Å². The van der Waals surface area contributed by atoms with E-state index in [4.69, 9.17) is 4.74 Å². The van der Waals surface area contributed by atoms with Crippen molar-refractivity contribution in [3.05, 3.63) is 39.0 Å². The van der Waals surface area contributed by atoms with Gasteiger partial charge in [-0.05, 0) is 51.0 Å². The zero-order chi connectivity index (χ0) is 21.4. The summed E-state index contributed by atoms with van der Waals surface area (Å²) in [5.41, 5.74) is 3.15. The predicted molar refractivity (Wildman–Crippen MR) is 116 cm³/mol. The summed E-state index contributed by atoms with van der Waals surface area (Å²) in [6.45, 7) is 4.16. The number of unbranched alkanes of at least 4 members (excludes halogenated alkanes) is 1. The third-order valence-corrected chi connectivity index (χ3v) is 5.49. The number of hydrogen-bond donors (Lipinski definition) is 5. The van der Waals surface area contributed by atoms with Crippen LogP contribution in [-0.4, -0.2) is 39.4 Å². The molecule has 0 fully saturated rings. The highest BCUT2D eigenvalue weighted by atomic mass is 79.9. The van der Waals surface area contributed by atoms with Crippen LogP contribution in [0.15, 0.2) is 16.6 Å². The second-order valence-corrected chi connectivity index (χ2v) is 7.48. The largest absolute Gasteiger partial charge is 0.461 e. The van der Waals surface area contributed by atoms with Crippen LogP contribution in [0.5, 0.6) is 0 Å². The lowest BCUT2D eigenvalue weighted by atomic mass is 9.93. The molecule has 0 aliphatic heterocycles. The van der Waals surface area contributed by atoms with Crippen LogP contribution in [0.2, 0.25) is 0 Å². The van der Waals surface area contributed by atoms with Crippen LogP contribution >= 0.6 is 15.9 Å². The van der Waals surface area contributed by atoms with E-state index in [1.54, 1.807) is 12.1 Å². The molecular formula is C21H29BrN2O5. The highest BCUT2D eigenvalue weighted by Gasteiger charge is 2.25. The zero-order valence-corrected chi connectivity index (χ0v) is 18.4. The number of hydrogen-bond acceptors (Lipinski definition) is 6. The van der Waals surface area contributed by atoms with Crippen LogP contribution in [0.4, 0.5) is 5.82 Å². The Bertz CT molecular complexity index is 835. The van der Waals surface area contributed by atoms with Crippen LogP contribution < -0.4 is 5.32 Å². The monoisotopic (exact) mass is 468 g/mol. The molecule has 1 heterocycles. The van der Waals surface area contributed by atoms with E-state index in [1.807, 2.05) is 6.92 Å². The third kappa shape index (κ3) is 5.19. The molecule has 160 valence electrons. The highest BCUT2D eigenvalue weighted by molar-refractivity contribution is 9.10. The minimum atomic E-state index is -0.469. The number of carbonyl (C=O) groups excluding carboxylic acids is 1. The van der Waals surface area contributed by atoms with Gasteiger partial charge in [-0.1, -0.05) is 32.4 Å². The van der Waals surface area contributed by atoms with E-state index >= 15 is 0 Å². The van der Waals surface area contributed by atoms with E-state index in [-0.39, 0.29) is 25.5 Å². The van der Waals surface area contributed by atoms with Gasteiger partial charge in [0.05, 0.1) is 30.9 Å². The molecule has 0 aliphatic carbocycles. The van der Waals surface area contributed by atoms with Crippen molar-refractivity contribution in [1.82, 2.24) is 4.98 Å². The number of rotatable bonds is 11. The standard InChI is InChI=1S/C21H29BrN2O5/c1-3-5-8-23-20-17(18(22)19(24-20)21(28)29-9-4-2)14-7-6-13(10-25)15(11-26)16(14)12-27/h6-7,23-27H,3-5,8-12H2,1-2H3. The summed E-state index contributed by atoms with van der Waals surface area (Å²) in [7, 11) is 0. The smallest absolute Gasteiger partial charge is 0.356 e. The zero-order valence-electron chi connectivity index (χ0n) is 16.8. The maximum Gasteiger partial charge on any atom is 0.356 e. The molecule has 0 saturated carbocycles. The number of aromatic nitrogens is 1. The quantitative estimate of drug-likeness (QED) is 0.253. The van der Waals surface area contributed by atoms with Gasteiger partial charge in [0.1, 0.15) is 11.5 Å². The molecule has 2 aromatic rings. The number of esters is 1. The number of anilines is 1. The van der Waals surface area contributed by atoms with Gasteiger partial charge in [0.2, 0.25) is 0 Å². The molecule has 0 spiro atoms. The second-order valence-electron chi connectivity index (χ2n) is 6.68. The number of halogens is 1. The average molecular weight is 469 g/mol. The molecule has 7 nitrogen and oxygen atoms in total. The van der Waals surface area contributed by atoms with Gasteiger partial charge in [0.15, 0.2) is 0 Å². The molecule has 0 aliphatic rings. The molecule has 0 saturated heterocycles. The van der Waals surface area contributed by atoms with Crippen LogP contribution in [0, 0.1) is 0 Å². The van der Waals surface area contributed by atoms with Crippen molar-refractivity contribution < 1.29 is 24.9 Å². The van der Waals surface area contributed by atoms with Gasteiger partial charge in [-0.2, -0.15) is 0 Å². The van der Waals surface area contributed by atoms with Crippen molar-refractivity contribution in [3.8, 4) is 11.1 Å². The number of carbonyl (C=O) groups is 1. The first-order valence-electron chi connectivity index (χ1n) is 9.82. The van der Waals surface area contributed by atoms with Gasteiger partial charge >= 0.3 is 5.97 Å². The fraction of sp³-hybridized carbons (Fsp3) is 0.476. The number of aliphatic hydroxyl groups excluding tert-OH is 3. The summed E-state index contributed by atoms with van der Waals surface area (Å²) < 4.78 is 5.80. The molecular weight excluding hydrogens is 440 g/mol. The van der Waals surface area contributed by atoms with E-state index in [0.29, 0.717) is 51.3 Å². The Balaban J connectivity index is 2.63. The lowest BCUT2D eigenvalue weighted by molar-refractivity contribution is 0.0498. The third-order valence-electron chi connectivity index (χ3n) is 4.70. The molecule has 2 rings (SSSR count). The minimum Gasteiger partial charge on any atom is -0.461 e. The summed E-state index contributed by atoms with van der Waals surface area (Å²) in [5.74, 6) is 0.160. The number of benzene rings is 1. The Morgan fingerprint density at radius 2 is 1.83 bits per heavy atom. The Hall–Kier alpha value is -1.87. The fourth-order valence-corrected chi connectivity index (χ4v) is 3.83. The molecule has 0 amide bonds. The Labute approximate surface area is 179 Å².